The van der Waals surface area contributed by atoms with E-state index >= 15 is 0 Å². The zero-order chi connectivity index (χ0) is 76.0. The van der Waals surface area contributed by atoms with Gasteiger partial charge in [0.15, 0.2) is 12.2 Å². The lowest BCUT2D eigenvalue weighted by Gasteiger charge is -2.21. The maximum Gasteiger partial charge on any atom is 0.472 e. The van der Waals surface area contributed by atoms with Gasteiger partial charge in [-0.15, -0.1) is 0 Å². The molecule has 0 saturated carbocycles. The first-order chi connectivity index (χ1) is 50.7. The van der Waals surface area contributed by atoms with E-state index in [2.05, 4.69) is 149 Å². The summed E-state index contributed by atoms with van der Waals surface area (Å²) in [6.45, 7) is 4.61. The number of carbonyl (C=O) groups is 4. The van der Waals surface area contributed by atoms with Gasteiger partial charge in [0, 0.05) is 25.7 Å². The van der Waals surface area contributed by atoms with E-state index in [9.17, 15) is 43.2 Å². The second-order valence-electron chi connectivity index (χ2n) is 26.3. The van der Waals surface area contributed by atoms with Gasteiger partial charge < -0.3 is 33.8 Å². The average Bonchev–Trinajstić information content (AvgIpc) is 0.909. The number of aliphatic hydroxyl groups excluding tert-OH is 1. The van der Waals surface area contributed by atoms with Crippen LogP contribution in [-0.4, -0.2) is 96.7 Å². The molecule has 0 aromatic rings. The predicted octanol–water partition coefficient (Wildman–Crippen LogP) is 23.4. The quantitative estimate of drug-likeness (QED) is 0.0169. The number of phosphoric acid groups is 2. The number of phosphoric ester groups is 2. The maximum atomic E-state index is 13.1. The Morgan fingerprint density at radius 3 is 0.769 bits per heavy atom. The smallest absolute Gasteiger partial charge is 0.462 e. The molecule has 0 rings (SSSR count). The number of rotatable bonds is 74. The number of hydrogen-bond acceptors (Lipinski definition) is 15. The van der Waals surface area contributed by atoms with Crippen molar-refractivity contribution in [1.82, 2.24) is 0 Å². The largest absolute Gasteiger partial charge is 0.472 e. The third-order valence-electron chi connectivity index (χ3n) is 16.2. The molecule has 594 valence electrons. The summed E-state index contributed by atoms with van der Waals surface area (Å²) >= 11 is 0. The van der Waals surface area contributed by atoms with Crippen LogP contribution in [0.25, 0.3) is 0 Å². The van der Waals surface area contributed by atoms with E-state index in [-0.39, 0.29) is 25.7 Å². The van der Waals surface area contributed by atoms with Gasteiger partial charge in [-0.3, -0.25) is 37.3 Å². The minimum Gasteiger partial charge on any atom is -0.462 e. The van der Waals surface area contributed by atoms with E-state index in [4.69, 9.17) is 37.0 Å². The van der Waals surface area contributed by atoms with Crippen LogP contribution in [0.5, 0.6) is 0 Å². The molecule has 0 aliphatic heterocycles. The van der Waals surface area contributed by atoms with Crippen LogP contribution in [0.4, 0.5) is 0 Å². The topological polar surface area (TPSA) is 237 Å². The standard InChI is InChI=1S/C85H142O17P2/c1-5-9-13-17-21-25-29-33-37-39-43-46-50-54-58-62-66-70-83(88)96-76-80(101-84(89)71-67-63-59-55-51-47-42-36-32-28-24-20-16-12-8-4)77-99-103(91,92)97-73-79(86)74-98-104(93,94)100-78-81(75-95-82(87)69-65-61-57-53-49-45-41-35-31-27-23-19-15-11-7-3)102-85(90)72-68-64-60-56-52-48-44-40-38-34-30-26-22-18-14-10-6-2/h21-28,33-38,41-44,46,48,54,56,58,60,79-81,86H,5-20,29-32,39-40,45,47,49-53,55,57,59,61-78H2,1-4H3,(H,91,92)(H,93,94)/b25-21-,26-22-,27-23-,28-24-,37-33-,38-34-,41-35-,42-36-,46-43-,48-44-,58-54-,60-56-/t79-,80-,81-/m1/s1. The first kappa shape index (κ1) is 98.9. The van der Waals surface area contributed by atoms with Crippen LogP contribution in [0.1, 0.15) is 310 Å². The molecule has 17 nitrogen and oxygen atoms in total. The first-order valence-electron chi connectivity index (χ1n) is 40.1. The molecular formula is C85H142O17P2. The van der Waals surface area contributed by atoms with Crippen molar-refractivity contribution in [3.8, 4) is 0 Å². The first-order valence-corrected chi connectivity index (χ1v) is 43.1. The van der Waals surface area contributed by atoms with Gasteiger partial charge in [0.25, 0.3) is 0 Å². The summed E-state index contributed by atoms with van der Waals surface area (Å²) in [5, 5.41) is 10.6. The SMILES string of the molecule is CCCCC/C=C\C/C=C\C/C=C\C/C=C\CCCC(=O)OC[C@H](COP(=O)(O)OC[C@@H](O)COP(=O)(O)OC[C@@H](COC(=O)CCCCCCC/C=C\C/C=C\CCCCC)OC(=O)CCC/C=C\C/C=C\C/C=C\C/C=C\CCCCC)OC(=O)CCCCCCC/C=C\C/C=C\CCCCC. The van der Waals surface area contributed by atoms with Crippen molar-refractivity contribution in [3.05, 3.63) is 146 Å². The highest BCUT2D eigenvalue weighted by Gasteiger charge is 2.30. The summed E-state index contributed by atoms with van der Waals surface area (Å²) < 4.78 is 68.5. The maximum absolute atomic E-state index is 13.1. The Morgan fingerprint density at radius 1 is 0.269 bits per heavy atom. The fraction of sp³-hybridized carbons (Fsp3) is 0.671. The van der Waals surface area contributed by atoms with Gasteiger partial charge in [0.2, 0.25) is 0 Å². The van der Waals surface area contributed by atoms with Crippen molar-refractivity contribution in [2.45, 2.75) is 329 Å². The van der Waals surface area contributed by atoms with E-state index in [1.54, 1.807) is 0 Å². The lowest BCUT2D eigenvalue weighted by atomic mass is 10.1. The molecule has 0 aromatic carbocycles. The van der Waals surface area contributed by atoms with Gasteiger partial charge in [-0.05, 0) is 167 Å². The number of carbonyl (C=O) groups excluding carboxylic acids is 4. The highest BCUT2D eigenvalue weighted by atomic mass is 31.2. The second-order valence-corrected chi connectivity index (χ2v) is 29.2. The molecule has 104 heavy (non-hydrogen) atoms. The Bertz CT molecular complexity index is 2540. The van der Waals surface area contributed by atoms with Gasteiger partial charge in [0.1, 0.15) is 19.3 Å². The van der Waals surface area contributed by atoms with Crippen LogP contribution in [-0.2, 0) is 65.4 Å². The van der Waals surface area contributed by atoms with Crippen molar-refractivity contribution < 1.29 is 80.2 Å². The van der Waals surface area contributed by atoms with E-state index in [1.165, 1.54) is 77.0 Å². The minimum absolute atomic E-state index is 0.0108. The normalized spacial score (nSPS) is 14.6. The molecule has 0 spiro atoms. The number of hydrogen-bond donors (Lipinski definition) is 3. The molecule has 3 N–H and O–H groups in total. The zero-order valence-electron chi connectivity index (χ0n) is 64.9. The molecule has 0 bridgehead atoms. The molecule has 0 saturated heterocycles. The predicted molar refractivity (Wildman–Crippen MR) is 427 cm³/mol. The van der Waals surface area contributed by atoms with Crippen molar-refractivity contribution in [3.63, 3.8) is 0 Å². The van der Waals surface area contributed by atoms with E-state index in [0.29, 0.717) is 38.5 Å². The molecule has 0 heterocycles. The minimum atomic E-state index is -5.00. The second kappa shape index (κ2) is 76.1. The molecule has 0 amide bonds. The third kappa shape index (κ3) is 75.2. The molecule has 0 aromatic heterocycles. The fourth-order valence-electron chi connectivity index (χ4n) is 10.1. The van der Waals surface area contributed by atoms with Gasteiger partial charge in [-0.2, -0.15) is 0 Å². The summed E-state index contributed by atoms with van der Waals surface area (Å²) in [6, 6.07) is 0. The molecular weight excluding hydrogens is 1350 g/mol. The van der Waals surface area contributed by atoms with Crippen molar-refractivity contribution >= 4 is 39.5 Å². The van der Waals surface area contributed by atoms with Crippen LogP contribution in [0, 0.1) is 0 Å². The lowest BCUT2D eigenvalue weighted by Crippen LogP contribution is -2.30. The van der Waals surface area contributed by atoms with Gasteiger partial charge in [-0.25, -0.2) is 9.13 Å². The summed E-state index contributed by atoms with van der Waals surface area (Å²) in [5.41, 5.74) is 0. The Kier molecular flexibility index (Phi) is 72.4. The lowest BCUT2D eigenvalue weighted by molar-refractivity contribution is -0.161. The summed E-state index contributed by atoms with van der Waals surface area (Å²) in [7, 11) is -10.0. The number of ether oxygens (including phenoxy) is 4. The summed E-state index contributed by atoms with van der Waals surface area (Å²) in [4.78, 5) is 73.0. The zero-order valence-corrected chi connectivity index (χ0v) is 66.7. The average molecular weight is 1500 g/mol. The van der Waals surface area contributed by atoms with Crippen LogP contribution < -0.4 is 0 Å². The van der Waals surface area contributed by atoms with Gasteiger partial charge in [0.05, 0.1) is 26.4 Å². The molecule has 2 unspecified atom stereocenters. The Hall–Kier alpha value is -5.06. The molecule has 19 heteroatoms. The molecule has 5 atom stereocenters. The highest BCUT2D eigenvalue weighted by Crippen LogP contribution is 2.45. The number of unbranched alkanes of at least 4 members (excludes halogenated alkanes) is 24. The van der Waals surface area contributed by atoms with Gasteiger partial charge >= 0.3 is 39.5 Å². The van der Waals surface area contributed by atoms with Crippen LogP contribution in [0.2, 0.25) is 0 Å². The summed E-state index contributed by atoms with van der Waals surface area (Å²) in [6.07, 6.45) is 86.9. The van der Waals surface area contributed by atoms with Gasteiger partial charge in [-0.1, -0.05) is 263 Å². The van der Waals surface area contributed by atoms with Crippen LogP contribution in [0.3, 0.4) is 0 Å². The molecule has 0 radical (unpaired) electrons. The Morgan fingerprint density at radius 2 is 0.481 bits per heavy atom. The van der Waals surface area contributed by atoms with E-state index in [0.717, 1.165) is 141 Å². The Labute approximate surface area is 630 Å². The van der Waals surface area contributed by atoms with Crippen LogP contribution in [0.15, 0.2) is 146 Å². The fourth-order valence-corrected chi connectivity index (χ4v) is 11.7. The monoisotopic (exact) mass is 1500 g/mol. The number of aliphatic hydroxyl groups is 1. The number of allylic oxidation sites excluding steroid dienone is 24. The third-order valence-corrected chi connectivity index (χ3v) is 18.1. The molecule has 0 aliphatic rings. The van der Waals surface area contributed by atoms with Crippen molar-refractivity contribution in [2.24, 2.45) is 0 Å². The molecule has 0 fully saturated rings. The van der Waals surface area contributed by atoms with E-state index < -0.39 is 97.5 Å². The highest BCUT2D eigenvalue weighted by molar-refractivity contribution is 7.47. The summed E-state index contributed by atoms with van der Waals surface area (Å²) in [5.74, 6) is -2.34. The molecule has 0 aliphatic carbocycles. The van der Waals surface area contributed by atoms with Crippen molar-refractivity contribution in [1.29, 1.82) is 0 Å². The Balaban J connectivity index is 5.50. The van der Waals surface area contributed by atoms with E-state index in [1.807, 2.05) is 24.3 Å². The van der Waals surface area contributed by atoms with Crippen LogP contribution >= 0.6 is 15.6 Å². The van der Waals surface area contributed by atoms with Crippen molar-refractivity contribution in [2.75, 3.05) is 39.6 Å². The number of esters is 4.